The monoisotopic (exact) mass is 413 g/mol. The molecule has 2 unspecified atom stereocenters. The van der Waals surface area contributed by atoms with Crippen molar-refractivity contribution >= 4 is 15.8 Å². The van der Waals surface area contributed by atoms with Gasteiger partial charge < -0.3 is 19.3 Å². The molecule has 2 aliphatic rings. The van der Waals surface area contributed by atoms with E-state index in [1.807, 2.05) is 6.92 Å². The first-order chi connectivity index (χ1) is 12.3. The molecule has 12 heteroatoms. The Balaban J connectivity index is 1.93. The molecule has 2 saturated heterocycles. The van der Waals surface area contributed by atoms with Gasteiger partial charge in [0.2, 0.25) is 0 Å². The van der Waals surface area contributed by atoms with Gasteiger partial charge >= 0.3 is 15.8 Å². The van der Waals surface area contributed by atoms with E-state index in [1.54, 1.807) is 30.5 Å². The highest BCUT2D eigenvalue weighted by Crippen LogP contribution is 2.53. The topological polar surface area (TPSA) is 102 Å². The van der Waals surface area contributed by atoms with E-state index in [9.17, 15) is 9.13 Å². The van der Waals surface area contributed by atoms with Gasteiger partial charge in [-0.15, -0.1) is 4.52 Å². The van der Waals surface area contributed by atoms with Crippen LogP contribution in [0.15, 0.2) is 0 Å². The van der Waals surface area contributed by atoms with Gasteiger partial charge in [-0.2, -0.15) is 0 Å². The average molecular weight is 413 g/mol. The number of rotatable bonds is 9. The fourth-order valence-electron chi connectivity index (χ4n) is 2.85. The summed E-state index contributed by atoms with van der Waals surface area (Å²) in [5, 5.41) is 5.81. The molecule has 0 aliphatic carbocycles. The van der Waals surface area contributed by atoms with Crippen molar-refractivity contribution in [3.63, 3.8) is 0 Å². The van der Waals surface area contributed by atoms with Crippen molar-refractivity contribution in [3.8, 4) is 0 Å². The molecule has 0 aromatic carbocycles. The second-order valence-corrected chi connectivity index (χ2v) is 10.4. The van der Waals surface area contributed by atoms with E-state index < -0.39 is 15.8 Å². The minimum atomic E-state index is -3.21. The molecule has 0 radical (unpaired) electrons. The molecule has 0 saturated carbocycles. The quantitative estimate of drug-likeness (QED) is 0.524. The van der Waals surface area contributed by atoms with Crippen LogP contribution in [0.3, 0.4) is 0 Å². The lowest BCUT2D eigenvalue weighted by atomic mass is 10.3. The molecule has 152 valence electrons. The van der Waals surface area contributed by atoms with Crippen molar-refractivity contribution in [2.75, 3.05) is 67.1 Å². The molecule has 2 rings (SSSR count). The maximum Gasteiger partial charge on any atom is 0.612 e. The van der Waals surface area contributed by atoms with Crippen LogP contribution in [0.4, 0.5) is 0 Å². The van der Waals surface area contributed by atoms with Gasteiger partial charge in [-0.05, 0) is 25.6 Å². The summed E-state index contributed by atoms with van der Waals surface area (Å²) in [6, 6.07) is 0. The smallest absolute Gasteiger partial charge is 0.373 e. The van der Waals surface area contributed by atoms with Crippen LogP contribution in [-0.2, 0) is 27.7 Å². The Hall–Kier alpha value is 0.01000. The van der Waals surface area contributed by atoms with Gasteiger partial charge in [0.15, 0.2) is 0 Å². The molecule has 26 heavy (non-hydrogen) atoms. The van der Waals surface area contributed by atoms with E-state index in [4.69, 9.17) is 18.5 Å². The standard InChI is InChI=1S/C14H31N4O6P2/c1-12-7-16-8-13(24-12)11-23-26(20,17(3)4)18-5-6-21-14(9-18)10-22-25(19)15-2/h12-14,16H,5-11H2,1-4H3,(H,15,19)/q+1/t12-,13-,14-,26?/m0/s1. The third-order valence-electron chi connectivity index (χ3n) is 4.20. The predicted molar refractivity (Wildman–Crippen MR) is 98.4 cm³/mol. The van der Waals surface area contributed by atoms with Crippen molar-refractivity contribution in [2.45, 2.75) is 25.2 Å². The summed E-state index contributed by atoms with van der Waals surface area (Å²) in [4.78, 5) is 0. The fourth-order valence-corrected chi connectivity index (χ4v) is 5.26. The van der Waals surface area contributed by atoms with Crippen molar-refractivity contribution in [1.29, 1.82) is 0 Å². The maximum absolute atomic E-state index is 13.5. The van der Waals surface area contributed by atoms with Crippen molar-refractivity contribution < 1.29 is 27.7 Å². The van der Waals surface area contributed by atoms with E-state index in [1.165, 1.54) is 0 Å². The molecular weight excluding hydrogens is 382 g/mol. The SMILES string of the molecule is CN[P+](=O)OC[C@@H]1CN(P(=O)(OC[C@@H]2CNC[C@H](C)O2)N(C)C)CCO1. The number of ether oxygens (including phenoxy) is 2. The van der Waals surface area contributed by atoms with E-state index in [2.05, 4.69) is 10.4 Å². The van der Waals surface area contributed by atoms with Gasteiger partial charge in [-0.3, -0.25) is 4.57 Å². The lowest BCUT2D eigenvalue weighted by molar-refractivity contribution is -0.0543. The zero-order valence-corrected chi connectivity index (χ0v) is 17.7. The molecule has 0 amide bonds. The van der Waals surface area contributed by atoms with E-state index >= 15 is 0 Å². The summed E-state index contributed by atoms with van der Waals surface area (Å²) in [5.41, 5.74) is 0. The molecule has 0 bridgehead atoms. The van der Waals surface area contributed by atoms with Crippen molar-refractivity contribution in [3.05, 3.63) is 0 Å². The number of hydrogen-bond acceptors (Lipinski definition) is 7. The summed E-state index contributed by atoms with van der Waals surface area (Å²) in [5.74, 6) is 0. The predicted octanol–water partition coefficient (Wildman–Crippen LogP) is 0.644. The maximum atomic E-state index is 13.5. The van der Waals surface area contributed by atoms with Crippen molar-refractivity contribution in [1.82, 2.24) is 19.7 Å². The molecule has 10 nitrogen and oxygen atoms in total. The zero-order chi connectivity index (χ0) is 19.2. The van der Waals surface area contributed by atoms with E-state index in [0.717, 1.165) is 6.54 Å². The molecule has 0 spiro atoms. The second kappa shape index (κ2) is 10.5. The number of hydrogen-bond donors (Lipinski definition) is 2. The van der Waals surface area contributed by atoms with Crippen LogP contribution in [0.25, 0.3) is 0 Å². The third kappa shape index (κ3) is 6.27. The average Bonchev–Trinajstić information content (AvgIpc) is 2.64. The van der Waals surface area contributed by atoms with Crippen LogP contribution in [0.5, 0.6) is 0 Å². The number of nitrogens with zero attached hydrogens (tertiary/aromatic N) is 2. The van der Waals surface area contributed by atoms with Crippen LogP contribution in [0.2, 0.25) is 0 Å². The van der Waals surface area contributed by atoms with Crippen LogP contribution in [-0.4, -0.2) is 94.8 Å². The summed E-state index contributed by atoms with van der Waals surface area (Å²) in [7, 11) is -0.0844. The van der Waals surface area contributed by atoms with Gasteiger partial charge in [0, 0.05) is 33.2 Å². The molecule has 2 heterocycles. The van der Waals surface area contributed by atoms with Gasteiger partial charge in [-0.1, -0.05) is 5.09 Å². The third-order valence-corrected chi connectivity index (χ3v) is 7.52. The Morgan fingerprint density at radius 2 is 2.12 bits per heavy atom. The molecule has 2 fully saturated rings. The number of morpholine rings is 2. The summed E-state index contributed by atoms with van der Waals surface area (Å²) in [6.07, 6.45) is -0.345. The minimum absolute atomic E-state index is 0.107. The van der Waals surface area contributed by atoms with Crippen LogP contribution >= 0.6 is 15.8 Å². The largest absolute Gasteiger partial charge is 0.612 e. The molecule has 0 aromatic heterocycles. The molecule has 2 N–H and O–H groups in total. The van der Waals surface area contributed by atoms with Gasteiger partial charge in [-0.25, -0.2) is 9.34 Å². The Kier molecular flexibility index (Phi) is 9.03. The second-order valence-electron chi connectivity index (χ2n) is 6.54. The van der Waals surface area contributed by atoms with E-state index in [-0.39, 0.29) is 31.5 Å². The Labute approximate surface area is 156 Å². The Morgan fingerprint density at radius 1 is 1.35 bits per heavy atom. The first kappa shape index (κ1) is 22.3. The molecule has 0 aromatic rings. The molecule has 5 atom stereocenters. The van der Waals surface area contributed by atoms with Crippen LogP contribution < -0.4 is 10.4 Å². The highest BCUT2D eigenvalue weighted by molar-refractivity contribution is 7.53. The van der Waals surface area contributed by atoms with E-state index in [0.29, 0.717) is 26.2 Å². The van der Waals surface area contributed by atoms with Gasteiger partial charge in [0.05, 0.1) is 31.5 Å². The summed E-state index contributed by atoms with van der Waals surface area (Å²) < 4.78 is 50.8. The first-order valence-electron chi connectivity index (χ1n) is 8.78. The lowest BCUT2D eigenvalue weighted by Gasteiger charge is -2.40. The van der Waals surface area contributed by atoms with Gasteiger partial charge in [0.1, 0.15) is 6.61 Å². The summed E-state index contributed by atoms with van der Waals surface area (Å²) in [6.45, 7) is 5.16. The fraction of sp³-hybridized carbons (Fsp3) is 1.00. The Morgan fingerprint density at radius 3 is 2.77 bits per heavy atom. The minimum Gasteiger partial charge on any atom is -0.373 e. The number of nitrogens with one attached hydrogen (secondary N) is 2. The zero-order valence-electron chi connectivity index (χ0n) is 15.9. The normalized spacial score (nSPS) is 31.0. The highest BCUT2D eigenvalue weighted by Gasteiger charge is 2.40. The van der Waals surface area contributed by atoms with Crippen LogP contribution in [0.1, 0.15) is 6.92 Å². The lowest BCUT2D eigenvalue weighted by Crippen LogP contribution is -2.47. The molecular formula is C14H31N4O6P2+. The van der Waals surface area contributed by atoms with Crippen molar-refractivity contribution in [2.24, 2.45) is 0 Å². The Bertz CT molecular complexity index is 512. The summed E-state index contributed by atoms with van der Waals surface area (Å²) >= 11 is 0. The van der Waals surface area contributed by atoms with Crippen LogP contribution in [0, 0.1) is 0 Å². The molecule has 2 aliphatic heterocycles. The first-order valence-corrected chi connectivity index (χ1v) is 11.5. The van der Waals surface area contributed by atoms with Gasteiger partial charge in [0.25, 0.3) is 0 Å². The highest BCUT2D eigenvalue weighted by atomic mass is 31.2.